The number of hydrogen-bond acceptors (Lipinski definition) is 5. The van der Waals surface area contributed by atoms with Crippen LogP contribution in [0.25, 0.3) is 0 Å². The number of benzene rings is 1. The van der Waals surface area contributed by atoms with E-state index < -0.39 is 11.9 Å². The summed E-state index contributed by atoms with van der Waals surface area (Å²) in [6.07, 6.45) is 0. The Morgan fingerprint density at radius 1 is 1.44 bits per heavy atom. The van der Waals surface area contributed by atoms with Crippen molar-refractivity contribution in [3.05, 3.63) is 34.4 Å². The summed E-state index contributed by atoms with van der Waals surface area (Å²) in [5, 5.41) is 11.5. The van der Waals surface area contributed by atoms with Gasteiger partial charge in [-0.05, 0) is 24.3 Å². The number of hydrogen-bond donors (Lipinski definition) is 1. The molecule has 1 amide bonds. The molecule has 0 atom stereocenters. The van der Waals surface area contributed by atoms with Crippen molar-refractivity contribution in [3.8, 4) is 5.75 Å². The maximum atomic E-state index is 10.7. The summed E-state index contributed by atoms with van der Waals surface area (Å²) < 4.78 is 4.90. The summed E-state index contributed by atoms with van der Waals surface area (Å²) in [5.74, 6) is 0.237. The second-order valence-electron chi connectivity index (χ2n) is 2.82. The molecule has 0 bridgehead atoms. The third-order valence-corrected chi connectivity index (χ3v) is 1.56. The van der Waals surface area contributed by atoms with Gasteiger partial charge in [-0.1, -0.05) is 0 Å². The lowest BCUT2D eigenvalue weighted by Crippen LogP contribution is -2.08. The largest absolute Gasteiger partial charge is 0.467 e. The molecule has 16 heavy (non-hydrogen) atoms. The predicted molar refractivity (Wildman–Crippen MR) is 54.3 cm³/mol. The quantitative estimate of drug-likeness (QED) is 0.462. The first-order valence-corrected chi connectivity index (χ1v) is 4.35. The molecule has 0 heterocycles. The van der Waals surface area contributed by atoms with Crippen LogP contribution in [-0.4, -0.2) is 17.8 Å². The van der Waals surface area contributed by atoms with E-state index in [1.54, 1.807) is 24.3 Å². The van der Waals surface area contributed by atoms with E-state index in [1.165, 1.54) is 6.92 Å². The zero-order valence-corrected chi connectivity index (χ0v) is 8.50. The molecular weight excluding hydrogens is 216 g/mol. The minimum atomic E-state index is -0.939. The van der Waals surface area contributed by atoms with Gasteiger partial charge in [-0.25, -0.2) is 0 Å². The molecule has 0 aliphatic carbocycles. The Balaban J connectivity index is 2.45. The van der Waals surface area contributed by atoms with Crippen LogP contribution in [-0.2, 0) is 9.63 Å². The van der Waals surface area contributed by atoms with Crippen molar-refractivity contribution in [1.82, 2.24) is 0 Å². The summed E-state index contributed by atoms with van der Waals surface area (Å²) in [6, 6.07) is 6.36. The molecule has 86 valence electrons. The summed E-state index contributed by atoms with van der Waals surface area (Å²) in [6.45, 7) is 0.932. The Kier molecular flexibility index (Phi) is 4.07. The van der Waals surface area contributed by atoms with E-state index >= 15 is 0 Å². The molecule has 0 unspecified atom stereocenters. The van der Waals surface area contributed by atoms with Crippen LogP contribution in [0.1, 0.15) is 6.92 Å². The monoisotopic (exact) mass is 226 g/mol. The molecule has 7 nitrogen and oxygen atoms in total. The van der Waals surface area contributed by atoms with Gasteiger partial charge in [-0.15, -0.1) is 10.1 Å². The summed E-state index contributed by atoms with van der Waals surface area (Å²) in [5.41, 5.74) is 0.620. The molecule has 0 radical (unpaired) electrons. The van der Waals surface area contributed by atoms with E-state index in [0.29, 0.717) is 11.4 Å². The van der Waals surface area contributed by atoms with E-state index in [4.69, 9.17) is 4.74 Å². The van der Waals surface area contributed by atoms with Crippen molar-refractivity contribution in [3.63, 3.8) is 0 Å². The van der Waals surface area contributed by atoms with E-state index in [0.717, 1.165) is 0 Å². The molecule has 1 N–H and O–H groups in total. The zero-order chi connectivity index (χ0) is 12.0. The van der Waals surface area contributed by atoms with Crippen molar-refractivity contribution in [2.24, 2.45) is 0 Å². The van der Waals surface area contributed by atoms with Crippen LogP contribution in [0.3, 0.4) is 0 Å². The fraction of sp³-hybridized carbons (Fsp3) is 0.222. The van der Waals surface area contributed by atoms with Gasteiger partial charge in [0.1, 0.15) is 5.75 Å². The van der Waals surface area contributed by atoms with Gasteiger partial charge in [0.25, 0.3) is 5.09 Å². The SMILES string of the molecule is CC(=O)Nc1ccc(OCO[N+](=O)[O-])cc1. The minimum absolute atomic E-state index is 0.176. The van der Waals surface area contributed by atoms with Crippen molar-refractivity contribution in [2.75, 3.05) is 12.1 Å². The number of ether oxygens (including phenoxy) is 1. The van der Waals surface area contributed by atoms with Gasteiger partial charge in [0.2, 0.25) is 12.7 Å². The summed E-state index contributed by atoms with van der Waals surface area (Å²) in [7, 11) is 0. The van der Waals surface area contributed by atoms with E-state index in [2.05, 4.69) is 10.2 Å². The van der Waals surface area contributed by atoms with Gasteiger partial charge < -0.3 is 10.1 Å². The van der Waals surface area contributed by atoms with Crippen molar-refractivity contribution >= 4 is 11.6 Å². The first-order chi connectivity index (χ1) is 7.58. The average molecular weight is 226 g/mol. The minimum Gasteiger partial charge on any atom is -0.467 e. The van der Waals surface area contributed by atoms with Crippen molar-refractivity contribution in [1.29, 1.82) is 0 Å². The van der Waals surface area contributed by atoms with E-state index in [-0.39, 0.29) is 5.91 Å². The van der Waals surface area contributed by atoms with Gasteiger partial charge in [-0.3, -0.25) is 9.63 Å². The Hall–Kier alpha value is -2.31. The first kappa shape index (κ1) is 11.8. The first-order valence-electron chi connectivity index (χ1n) is 4.35. The highest BCUT2D eigenvalue weighted by Crippen LogP contribution is 2.15. The molecule has 7 heteroatoms. The molecule has 0 spiro atoms. The Morgan fingerprint density at radius 3 is 2.56 bits per heavy atom. The molecule has 1 rings (SSSR count). The maximum absolute atomic E-state index is 10.7. The molecule has 0 fully saturated rings. The third-order valence-electron chi connectivity index (χ3n) is 1.56. The van der Waals surface area contributed by atoms with E-state index in [9.17, 15) is 14.9 Å². The number of nitrogens with one attached hydrogen (secondary N) is 1. The summed E-state index contributed by atoms with van der Waals surface area (Å²) in [4.78, 5) is 24.5. The predicted octanol–water partition coefficient (Wildman–Crippen LogP) is 1.19. The highest BCUT2D eigenvalue weighted by molar-refractivity contribution is 5.88. The molecular formula is C9H10N2O5. The number of carbonyl (C=O) groups is 1. The zero-order valence-electron chi connectivity index (χ0n) is 8.50. The normalized spacial score (nSPS) is 9.31. The fourth-order valence-corrected chi connectivity index (χ4v) is 0.975. The number of anilines is 1. The second-order valence-corrected chi connectivity index (χ2v) is 2.82. The molecule has 1 aromatic carbocycles. The van der Waals surface area contributed by atoms with Gasteiger partial charge in [-0.2, -0.15) is 0 Å². The molecule has 1 aromatic rings. The van der Waals surface area contributed by atoms with Crippen LogP contribution < -0.4 is 10.1 Å². The van der Waals surface area contributed by atoms with Crippen LogP contribution >= 0.6 is 0 Å². The van der Waals surface area contributed by atoms with Gasteiger partial charge in [0.15, 0.2) is 0 Å². The molecule has 0 aromatic heterocycles. The van der Waals surface area contributed by atoms with Gasteiger partial charge >= 0.3 is 0 Å². The highest BCUT2D eigenvalue weighted by atomic mass is 17.0. The van der Waals surface area contributed by atoms with Crippen LogP contribution in [0.4, 0.5) is 5.69 Å². The molecule has 0 saturated heterocycles. The lowest BCUT2D eigenvalue weighted by atomic mass is 10.3. The molecule has 0 aliphatic heterocycles. The van der Waals surface area contributed by atoms with Crippen LogP contribution in [0.2, 0.25) is 0 Å². The number of rotatable bonds is 5. The topological polar surface area (TPSA) is 90.7 Å². The van der Waals surface area contributed by atoms with Crippen LogP contribution in [0.15, 0.2) is 24.3 Å². The Labute approximate surface area is 91.1 Å². The fourth-order valence-electron chi connectivity index (χ4n) is 0.975. The lowest BCUT2D eigenvalue weighted by molar-refractivity contribution is -0.765. The van der Waals surface area contributed by atoms with Crippen molar-refractivity contribution < 1.29 is 19.5 Å². The average Bonchev–Trinajstić information content (AvgIpc) is 2.19. The molecule has 0 aliphatic rings. The Bertz CT molecular complexity index is 376. The van der Waals surface area contributed by atoms with E-state index in [1.807, 2.05) is 0 Å². The van der Waals surface area contributed by atoms with Gasteiger partial charge in [0.05, 0.1) is 0 Å². The third kappa shape index (κ3) is 4.27. The maximum Gasteiger partial charge on any atom is 0.297 e. The highest BCUT2D eigenvalue weighted by Gasteiger charge is 1.98. The second kappa shape index (κ2) is 5.54. The number of nitrogens with zero attached hydrogens (tertiary/aromatic N) is 1. The lowest BCUT2D eigenvalue weighted by Gasteiger charge is -2.05. The number of carbonyl (C=O) groups excluding carboxylic acids is 1. The van der Waals surface area contributed by atoms with Crippen LogP contribution in [0, 0.1) is 10.1 Å². The smallest absolute Gasteiger partial charge is 0.297 e. The van der Waals surface area contributed by atoms with Gasteiger partial charge in [0, 0.05) is 12.6 Å². The summed E-state index contributed by atoms with van der Waals surface area (Å²) >= 11 is 0. The van der Waals surface area contributed by atoms with Crippen LogP contribution in [0.5, 0.6) is 5.75 Å². The van der Waals surface area contributed by atoms with Crippen molar-refractivity contribution in [2.45, 2.75) is 6.92 Å². The molecule has 0 saturated carbocycles. The Morgan fingerprint density at radius 2 is 2.06 bits per heavy atom. The standard InChI is InChI=1S/C9H10N2O5/c1-7(12)10-8-2-4-9(5-3-8)15-6-16-11(13)14/h2-5H,6H2,1H3,(H,10,12). The number of amides is 1.